The van der Waals surface area contributed by atoms with Crippen LogP contribution in [-0.4, -0.2) is 23.1 Å². The van der Waals surface area contributed by atoms with Gasteiger partial charge in [0.1, 0.15) is 0 Å². The largest absolute Gasteiger partial charge is 2.00 e. The fourth-order valence-corrected chi connectivity index (χ4v) is 1.39. The zero-order valence-electron chi connectivity index (χ0n) is 10.4. The fraction of sp³-hybridized carbons (Fsp3) is 0.538. The van der Waals surface area contributed by atoms with E-state index < -0.39 is 0 Å². The summed E-state index contributed by atoms with van der Waals surface area (Å²) in [5, 5.41) is 0. The van der Waals surface area contributed by atoms with E-state index in [0.29, 0.717) is 11.8 Å². The molecule has 0 heterocycles. The quantitative estimate of drug-likeness (QED) is 0.551. The van der Waals surface area contributed by atoms with Crippen molar-refractivity contribution in [3.05, 3.63) is 34.9 Å². The molecule has 2 heteroatoms. The average Bonchev–Trinajstić information content (AvgIpc) is 2.03. The molecule has 0 nitrogen and oxygen atoms in total. The summed E-state index contributed by atoms with van der Waals surface area (Å²) >= 11 is 0. The zero-order valence-corrected chi connectivity index (χ0v) is 13.4. The molecule has 0 radical (unpaired) electrons. The van der Waals surface area contributed by atoms with Crippen molar-refractivity contribution in [3.8, 4) is 0 Å². The normalized spacial score (nSPS) is 9.80. The van der Waals surface area contributed by atoms with Crippen LogP contribution in [0, 0.1) is 13.0 Å². The minimum absolute atomic E-state index is 0. The summed E-state index contributed by atoms with van der Waals surface area (Å²) in [6.45, 7) is 11.0. The van der Waals surface area contributed by atoms with Gasteiger partial charge in [-0.2, -0.15) is 34.9 Å². The standard InChI is InChI=1S/C13H19.BrH.Mg/c1-9(2)12-6-11(5)7-13(8-12)10(3)4;;/h6-7,9-10H,1-5H3;1H;/q-1;;+2/p-1. The van der Waals surface area contributed by atoms with Crippen LogP contribution < -0.4 is 17.0 Å². The smallest absolute Gasteiger partial charge is 1.00 e. The Morgan fingerprint density at radius 1 is 0.933 bits per heavy atom. The molecule has 15 heavy (non-hydrogen) atoms. The number of hydrogen-bond acceptors (Lipinski definition) is 0. The molecule has 0 fully saturated rings. The number of halogens is 1. The van der Waals surface area contributed by atoms with Gasteiger partial charge in [0.2, 0.25) is 0 Å². The molecule has 0 amide bonds. The molecule has 0 aliphatic carbocycles. The summed E-state index contributed by atoms with van der Waals surface area (Å²) in [4.78, 5) is 0. The predicted octanol–water partition coefficient (Wildman–Crippen LogP) is 0.665. The first kappa shape index (κ1) is 17.8. The molecular formula is C13H19BrMg. The maximum Gasteiger partial charge on any atom is 2.00 e. The van der Waals surface area contributed by atoms with E-state index in [2.05, 4.69) is 52.8 Å². The summed E-state index contributed by atoms with van der Waals surface area (Å²) in [7, 11) is 0. The molecule has 80 valence electrons. The molecule has 0 spiro atoms. The number of benzene rings is 1. The van der Waals surface area contributed by atoms with Crippen molar-refractivity contribution < 1.29 is 17.0 Å². The van der Waals surface area contributed by atoms with Gasteiger partial charge in [-0.15, -0.1) is 0 Å². The molecule has 0 bridgehead atoms. The van der Waals surface area contributed by atoms with E-state index in [1.165, 1.54) is 16.7 Å². The topological polar surface area (TPSA) is 0 Å². The predicted molar refractivity (Wildman–Crippen MR) is 63.9 cm³/mol. The second kappa shape index (κ2) is 7.69. The Kier molecular flexibility index (Phi) is 9.15. The van der Waals surface area contributed by atoms with E-state index in [4.69, 9.17) is 0 Å². The van der Waals surface area contributed by atoms with Gasteiger partial charge >= 0.3 is 23.1 Å². The van der Waals surface area contributed by atoms with Crippen molar-refractivity contribution in [1.29, 1.82) is 0 Å². The van der Waals surface area contributed by atoms with Crippen molar-refractivity contribution in [2.24, 2.45) is 0 Å². The van der Waals surface area contributed by atoms with E-state index >= 15 is 0 Å². The van der Waals surface area contributed by atoms with Gasteiger partial charge in [0.25, 0.3) is 0 Å². The number of hydrogen-bond donors (Lipinski definition) is 0. The summed E-state index contributed by atoms with van der Waals surface area (Å²) in [6, 6.07) is 7.95. The van der Waals surface area contributed by atoms with Gasteiger partial charge in [0.15, 0.2) is 0 Å². The van der Waals surface area contributed by atoms with Crippen LogP contribution in [-0.2, 0) is 0 Å². The fourth-order valence-electron chi connectivity index (χ4n) is 1.39. The Morgan fingerprint density at radius 2 is 1.27 bits per heavy atom. The van der Waals surface area contributed by atoms with Crippen molar-refractivity contribution in [3.63, 3.8) is 0 Å². The average molecular weight is 280 g/mol. The Morgan fingerprint density at radius 3 is 1.53 bits per heavy atom. The van der Waals surface area contributed by atoms with Gasteiger partial charge in [0.05, 0.1) is 0 Å². The van der Waals surface area contributed by atoms with E-state index in [1.807, 2.05) is 0 Å². The van der Waals surface area contributed by atoms with Crippen LogP contribution in [0.3, 0.4) is 0 Å². The van der Waals surface area contributed by atoms with Crippen LogP contribution in [0.25, 0.3) is 0 Å². The maximum atomic E-state index is 3.48. The second-order valence-corrected chi connectivity index (χ2v) is 4.38. The van der Waals surface area contributed by atoms with Gasteiger partial charge in [0, 0.05) is 0 Å². The van der Waals surface area contributed by atoms with Gasteiger partial charge in [-0.05, 0) is 11.8 Å². The van der Waals surface area contributed by atoms with Crippen LogP contribution >= 0.6 is 0 Å². The molecule has 1 aromatic rings. The van der Waals surface area contributed by atoms with Crippen LogP contribution in [0.1, 0.15) is 56.2 Å². The number of rotatable bonds is 2. The maximum absolute atomic E-state index is 3.48. The Balaban J connectivity index is 0. The van der Waals surface area contributed by atoms with Crippen LogP contribution in [0.2, 0.25) is 0 Å². The van der Waals surface area contributed by atoms with E-state index in [-0.39, 0.29) is 40.0 Å². The monoisotopic (exact) mass is 278 g/mol. The molecule has 0 saturated heterocycles. The van der Waals surface area contributed by atoms with Gasteiger partial charge < -0.3 is 17.0 Å². The van der Waals surface area contributed by atoms with E-state index in [1.54, 1.807) is 0 Å². The van der Waals surface area contributed by atoms with Crippen LogP contribution in [0.5, 0.6) is 0 Å². The first-order valence-electron chi connectivity index (χ1n) is 5.04. The van der Waals surface area contributed by atoms with E-state index in [9.17, 15) is 0 Å². The summed E-state index contributed by atoms with van der Waals surface area (Å²) in [5.74, 6) is 1.16. The molecule has 1 aromatic carbocycles. The molecule has 0 N–H and O–H groups in total. The molecule has 0 unspecified atom stereocenters. The van der Waals surface area contributed by atoms with E-state index in [0.717, 1.165) is 0 Å². The number of aryl methyl sites for hydroxylation is 1. The third-order valence-corrected chi connectivity index (χ3v) is 2.30. The second-order valence-electron chi connectivity index (χ2n) is 4.38. The first-order chi connectivity index (χ1) is 6.00. The van der Waals surface area contributed by atoms with Crippen LogP contribution in [0.4, 0.5) is 0 Å². The summed E-state index contributed by atoms with van der Waals surface area (Å²) in [6.07, 6.45) is 0. The molecular weight excluding hydrogens is 260 g/mol. The van der Waals surface area contributed by atoms with Crippen LogP contribution in [0.15, 0.2) is 12.1 Å². The molecule has 0 aliphatic rings. The Hall–Kier alpha value is 0.466. The molecule has 0 atom stereocenters. The van der Waals surface area contributed by atoms with Gasteiger partial charge in [-0.3, -0.25) is 0 Å². The third-order valence-electron chi connectivity index (χ3n) is 2.30. The van der Waals surface area contributed by atoms with Crippen molar-refractivity contribution in [2.45, 2.75) is 46.5 Å². The minimum Gasteiger partial charge on any atom is -1.00 e. The molecule has 0 aromatic heterocycles. The molecule has 0 saturated carbocycles. The minimum atomic E-state index is 0. The van der Waals surface area contributed by atoms with Gasteiger partial charge in [-0.1, -0.05) is 34.6 Å². The Bertz CT molecular complexity index is 266. The van der Waals surface area contributed by atoms with Gasteiger partial charge in [-0.25, -0.2) is 0 Å². The van der Waals surface area contributed by atoms with Crippen molar-refractivity contribution in [1.82, 2.24) is 0 Å². The zero-order chi connectivity index (χ0) is 10.0. The molecule has 0 aliphatic heterocycles. The third kappa shape index (κ3) is 5.37. The molecule has 1 rings (SSSR count). The SMILES string of the molecule is Cc1cc(C(C)C)[c-]c(C(C)C)c1.[Br-].[Mg+2]. The summed E-state index contributed by atoms with van der Waals surface area (Å²) in [5.41, 5.74) is 4.03. The first-order valence-corrected chi connectivity index (χ1v) is 5.04. The summed E-state index contributed by atoms with van der Waals surface area (Å²) < 4.78 is 0. The Labute approximate surface area is 121 Å². The van der Waals surface area contributed by atoms with Crippen molar-refractivity contribution in [2.75, 3.05) is 0 Å². The van der Waals surface area contributed by atoms with Crippen molar-refractivity contribution >= 4 is 23.1 Å².